The number of ether oxygens (including phenoxy) is 3. The van der Waals surface area contributed by atoms with Gasteiger partial charge in [-0.3, -0.25) is 0 Å². The Morgan fingerprint density at radius 3 is 1.86 bits per heavy atom. The third-order valence-electron chi connectivity index (χ3n) is 2.32. The minimum Gasteiger partial charge on any atom is -0.497 e. The van der Waals surface area contributed by atoms with Crippen LogP contribution >= 0.6 is 23.5 Å². The van der Waals surface area contributed by atoms with Crippen LogP contribution in [-0.4, -0.2) is 30.9 Å². The molecule has 1 aromatic carbocycles. The lowest BCUT2D eigenvalue weighted by Crippen LogP contribution is -2.04. The first-order valence-corrected chi connectivity index (χ1v) is 8.17. The zero-order chi connectivity index (χ0) is 15.7. The normalized spacial score (nSPS) is 10.3. The van der Waals surface area contributed by atoms with Crippen molar-refractivity contribution in [3.8, 4) is 5.75 Å². The van der Waals surface area contributed by atoms with Crippen molar-refractivity contribution in [2.75, 3.05) is 20.3 Å². The van der Waals surface area contributed by atoms with Crippen LogP contribution in [0.4, 0.5) is 9.59 Å². The van der Waals surface area contributed by atoms with E-state index in [-0.39, 0.29) is 0 Å². The molecule has 0 aliphatic rings. The summed E-state index contributed by atoms with van der Waals surface area (Å²) < 4.78 is 14.5. The molecule has 116 valence electrons. The lowest BCUT2D eigenvalue weighted by Gasteiger charge is -2.14. The molecule has 0 heterocycles. The maximum absolute atomic E-state index is 11.6. The quantitative estimate of drug-likeness (QED) is 0.563. The number of hydrogen-bond donors (Lipinski definition) is 0. The first-order chi connectivity index (χ1) is 10.1. The Kier molecular flexibility index (Phi) is 8.07. The summed E-state index contributed by atoms with van der Waals surface area (Å²) in [6.45, 7) is 4.06. The van der Waals surface area contributed by atoms with E-state index in [1.54, 1.807) is 33.1 Å². The lowest BCUT2D eigenvalue weighted by molar-refractivity contribution is 0.181. The Bertz CT molecular complexity index is 441. The maximum Gasteiger partial charge on any atom is 0.368 e. The summed E-state index contributed by atoms with van der Waals surface area (Å²) >= 11 is 1.90. The summed E-state index contributed by atoms with van der Waals surface area (Å²) in [7, 11) is 1.58. The van der Waals surface area contributed by atoms with Crippen molar-refractivity contribution in [1.29, 1.82) is 0 Å². The van der Waals surface area contributed by atoms with Crippen LogP contribution < -0.4 is 4.74 Å². The van der Waals surface area contributed by atoms with Crippen LogP contribution in [0.25, 0.3) is 0 Å². The van der Waals surface area contributed by atoms with Crippen LogP contribution in [0.3, 0.4) is 0 Å². The van der Waals surface area contributed by atoms with Crippen LogP contribution in [0.5, 0.6) is 5.75 Å². The molecule has 1 aromatic rings. The summed E-state index contributed by atoms with van der Waals surface area (Å²) in [6, 6.07) is 7.17. The largest absolute Gasteiger partial charge is 0.497 e. The highest BCUT2D eigenvalue weighted by atomic mass is 32.2. The molecule has 0 N–H and O–H groups in total. The number of carbonyl (C=O) groups is 2. The zero-order valence-corrected chi connectivity index (χ0v) is 13.8. The summed E-state index contributed by atoms with van der Waals surface area (Å²) in [5.74, 6) is 0.708. The molecular formula is C14H18O5S2. The summed E-state index contributed by atoms with van der Waals surface area (Å²) in [5.41, 5.74) is 0.812. The molecule has 0 aliphatic carbocycles. The summed E-state index contributed by atoms with van der Waals surface area (Å²) in [4.78, 5) is 23.3. The molecule has 0 aromatic heterocycles. The van der Waals surface area contributed by atoms with Gasteiger partial charge in [0.2, 0.25) is 0 Å². The molecule has 21 heavy (non-hydrogen) atoms. The third-order valence-corrected chi connectivity index (χ3v) is 4.49. The molecule has 5 nitrogen and oxygen atoms in total. The average Bonchev–Trinajstić information content (AvgIpc) is 2.47. The Morgan fingerprint density at radius 2 is 1.48 bits per heavy atom. The molecular weight excluding hydrogens is 312 g/mol. The summed E-state index contributed by atoms with van der Waals surface area (Å²) in [5, 5.41) is -0.842. The van der Waals surface area contributed by atoms with Gasteiger partial charge in [0.05, 0.1) is 24.9 Å². The molecule has 7 heteroatoms. The maximum atomic E-state index is 11.6. The molecule has 0 unspecified atom stereocenters. The predicted octanol–water partition coefficient (Wildman–Crippen LogP) is 4.47. The number of methoxy groups -OCH3 is 1. The van der Waals surface area contributed by atoms with Crippen molar-refractivity contribution in [3.63, 3.8) is 0 Å². The van der Waals surface area contributed by atoms with Crippen LogP contribution in [0.15, 0.2) is 24.3 Å². The van der Waals surface area contributed by atoms with E-state index in [1.807, 2.05) is 12.1 Å². The van der Waals surface area contributed by atoms with Gasteiger partial charge < -0.3 is 14.2 Å². The number of thioether (sulfide) groups is 2. The second kappa shape index (κ2) is 9.57. The zero-order valence-electron chi connectivity index (χ0n) is 12.2. The van der Waals surface area contributed by atoms with Crippen molar-refractivity contribution >= 4 is 34.1 Å². The van der Waals surface area contributed by atoms with Crippen LogP contribution in [0, 0.1) is 0 Å². The standard InChI is InChI=1S/C14H18O5S2/c1-4-18-13(15)20-12(21-14(16)19-5-2)10-6-8-11(17-3)9-7-10/h6-9,12H,4-5H2,1-3H3. The van der Waals surface area contributed by atoms with E-state index in [2.05, 4.69) is 0 Å². The van der Waals surface area contributed by atoms with Crippen molar-refractivity contribution in [1.82, 2.24) is 0 Å². The van der Waals surface area contributed by atoms with Crippen molar-refractivity contribution in [3.05, 3.63) is 29.8 Å². The highest BCUT2D eigenvalue weighted by molar-refractivity contribution is 8.28. The molecule has 0 bridgehead atoms. The second-order valence-corrected chi connectivity index (χ2v) is 6.09. The molecule has 0 saturated carbocycles. The highest BCUT2D eigenvalue weighted by Gasteiger charge is 2.23. The molecule has 0 aliphatic heterocycles. The van der Waals surface area contributed by atoms with E-state index < -0.39 is 15.2 Å². The van der Waals surface area contributed by atoms with Crippen LogP contribution in [-0.2, 0) is 9.47 Å². The number of hydrogen-bond acceptors (Lipinski definition) is 7. The average molecular weight is 330 g/mol. The second-order valence-electron chi connectivity index (χ2n) is 3.71. The molecule has 0 spiro atoms. The van der Waals surface area contributed by atoms with Crippen LogP contribution in [0.2, 0.25) is 0 Å². The van der Waals surface area contributed by atoms with E-state index >= 15 is 0 Å². The van der Waals surface area contributed by atoms with Gasteiger partial charge >= 0.3 is 10.6 Å². The van der Waals surface area contributed by atoms with Gasteiger partial charge in [-0.1, -0.05) is 12.1 Å². The Balaban J connectivity index is 2.82. The van der Waals surface area contributed by atoms with Gasteiger partial charge in [0.25, 0.3) is 0 Å². The smallest absolute Gasteiger partial charge is 0.368 e. The van der Waals surface area contributed by atoms with Gasteiger partial charge in [-0.15, -0.1) is 0 Å². The van der Waals surface area contributed by atoms with Crippen molar-refractivity contribution in [2.45, 2.75) is 18.4 Å². The minimum atomic E-state index is -0.422. The number of benzene rings is 1. The van der Waals surface area contributed by atoms with E-state index in [0.717, 1.165) is 29.1 Å². The van der Waals surface area contributed by atoms with Crippen LogP contribution in [0.1, 0.15) is 24.0 Å². The molecule has 0 amide bonds. The van der Waals surface area contributed by atoms with Gasteiger partial charge in [-0.2, -0.15) is 0 Å². The Morgan fingerprint density at radius 1 is 1.00 bits per heavy atom. The van der Waals surface area contributed by atoms with Gasteiger partial charge in [0.1, 0.15) is 5.75 Å². The van der Waals surface area contributed by atoms with E-state index in [1.165, 1.54) is 0 Å². The van der Waals surface area contributed by atoms with Crippen molar-refractivity contribution in [2.24, 2.45) is 0 Å². The topological polar surface area (TPSA) is 61.8 Å². The van der Waals surface area contributed by atoms with E-state index in [9.17, 15) is 9.59 Å². The molecule has 1 rings (SSSR count). The molecule has 0 radical (unpaired) electrons. The summed E-state index contributed by atoms with van der Waals surface area (Å²) in [6.07, 6.45) is 0. The van der Waals surface area contributed by atoms with Gasteiger partial charge in [-0.25, -0.2) is 9.59 Å². The molecule has 0 atom stereocenters. The highest BCUT2D eigenvalue weighted by Crippen LogP contribution is 2.41. The van der Waals surface area contributed by atoms with Gasteiger partial charge in [0, 0.05) is 0 Å². The molecule has 0 saturated heterocycles. The van der Waals surface area contributed by atoms with E-state index in [4.69, 9.17) is 14.2 Å². The minimum absolute atomic E-state index is 0.297. The Labute approximate surface area is 132 Å². The van der Waals surface area contributed by atoms with Gasteiger partial charge in [0.15, 0.2) is 0 Å². The van der Waals surface area contributed by atoms with E-state index in [0.29, 0.717) is 19.0 Å². The van der Waals surface area contributed by atoms with Gasteiger partial charge in [-0.05, 0) is 55.1 Å². The number of carbonyl (C=O) groups excluding carboxylic acids is 2. The number of rotatable bonds is 6. The third kappa shape index (κ3) is 6.31. The molecule has 0 fully saturated rings. The monoisotopic (exact) mass is 330 g/mol. The lowest BCUT2D eigenvalue weighted by atomic mass is 10.2. The first-order valence-electron chi connectivity index (χ1n) is 6.41. The fourth-order valence-corrected chi connectivity index (χ4v) is 3.37. The fraction of sp³-hybridized carbons (Fsp3) is 0.429. The predicted molar refractivity (Wildman–Crippen MR) is 85.0 cm³/mol. The fourth-order valence-electron chi connectivity index (χ4n) is 1.40. The Hall–Kier alpha value is -1.34. The SMILES string of the molecule is CCOC(=O)SC(SC(=O)OCC)c1ccc(OC)cc1. The van der Waals surface area contributed by atoms with Crippen molar-refractivity contribution < 1.29 is 23.8 Å². The first kappa shape index (κ1) is 17.7.